The largest absolute Gasteiger partial charge is 0.346 e. The van der Waals surface area contributed by atoms with E-state index < -0.39 is 17.7 Å². The highest BCUT2D eigenvalue weighted by Crippen LogP contribution is 2.49. The lowest BCUT2D eigenvalue weighted by atomic mass is 9.96. The predicted molar refractivity (Wildman–Crippen MR) is 104 cm³/mol. The monoisotopic (exact) mass is 390 g/mol. The summed E-state index contributed by atoms with van der Waals surface area (Å²) in [4.78, 5) is 27.6. The molecule has 1 aromatic rings. The van der Waals surface area contributed by atoms with Crippen molar-refractivity contribution in [2.24, 2.45) is 11.8 Å². The minimum absolute atomic E-state index is 0.110. The lowest BCUT2D eigenvalue weighted by molar-refractivity contribution is -0.145. The van der Waals surface area contributed by atoms with Gasteiger partial charge in [-0.15, -0.1) is 0 Å². The zero-order valence-corrected chi connectivity index (χ0v) is 16.8. The number of nitrogens with one attached hydrogen (secondary N) is 1. The molecular formula is C22H28F2N2O2. The van der Waals surface area contributed by atoms with Crippen LogP contribution < -0.4 is 5.32 Å². The molecule has 0 bridgehead atoms. The van der Waals surface area contributed by atoms with Crippen molar-refractivity contribution in [3.05, 3.63) is 47.0 Å². The molecule has 0 spiro atoms. The van der Waals surface area contributed by atoms with E-state index in [1.54, 1.807) is 4.90 Å². The Balaban J connectivity index is 1.80. The number of rotatable bonds is 5. The standard InChI is InChI=1S/C22H28F2N2O2/c1-12(2)7-15-11-26(20(8-13(3)4)21(27)25-15)22(28)18-10-17(18)16-6-5-14(23)9-19(16)24/h5-7,9,13,15,17-18,20H,8,10-11H2,1-4H3,(H,25,27)/t15-,17+,18-,20?/m0/s1. The van der Waals surface area contributed by atoms with Crippen molar-refractivity contribution in [3.63, 3.8) is 0 Å². The molecule has 0 radical (unpaired) electrons. The number of benzene rings is 1. The molecule has 1 saturated carbocycles. The summed E-state index contributed by atoms with van der Waals surface area (Å²) in [6.07, 6.45) is 3.07. The van der Waals surface area contributed by atoms with Crippen molar-refractivity contribution in [3.8, 4) is 0 Å². The van der Waals surface area contributed by atoms with Crippen LogP contribution in [0.3, 0.4) is 0 Å². The molecule has 0 aromatic heterocycles. The van der Waals surface area contributed by atoms with Gasteiger partial charge in [0.15, 0.2) is 0 Å². The SMILES string of the molecule is CC(C)=C[C@H]1CN(C(=O)[C@H]2C[C@@H]2c2ccc(F)cc2F)C(CC(C)C)C(=O)N1. The van der Waals surface area contributed by atoms with Crippen LogP contribution in [0, 0.1) is 23.5 Å². The smallest absolute Gasteiger partial charge is 0.243 e. The molecule has 4 atom stereocenters. The number of hydrogen-bond acceptors (Lipinski definition) is 2. The Hall–Kier alpha value is -2.24. The van der Waals surface area contributed by atoms with Gasteiger partial charge in [-0.3, -0.25) is 9.59 Å². The summed E-state index contributed by atoms with van der Waals surface area (Å²) >= 11 is 0. The predicted octanol–water partition coefficient (Wildman–Crippen LogP) is 3.78. The van der Waals surface area contributed by atoms with Gasteiger partial charge >= 0.3 is 0 Å². The van der Waals surface area contributed by atoms with Crippen LogP contribution in [0.15, 0.2) is 29.8 Å². The van der Waals surface area contributed by atoms with Gasteiger partial charge in [0.1, 0.15) is 17.7 Å². The van der Waals surface area contributed by atoms with Gasteiger partial charge in [-0.2, -0.15) is 0 Å². The fraction of sp³-hybridized carbons (Fsp3) is 0.545. The molecule has 1 aromatic carbocycles. The van der Waals surface area contributed by atoms with E-state index in [4.69, 9.17) is 0 Å². The summed E-state index contributed by atoms with van der Waals surface area (Å²) in [5.74, 6) is -1.83. The van der Waals surface area contributed by atoms with E-state index in [0.717, 1.165) is 11.6 Å². The normalized spacial score (nSPS) is 26.8. The molecule has 1 heterocycles. The first-order valence-corrected chi connectivity index (χ1v) is 9.88. The van der Waals surface area contributed by atoms with Crippen molar-refractivity contribution >= 4 is 11.8 Å². The zero-order chi connectivity index (χ0) is 20.6. The first-order chi connectivity index (χ1) is 13.2. The molecule has 3 rings (SSSR count). The van der Waals surface area contributed by atoms with Crippen LogP contribution in [0.5, 0.6) is 0 Å². The first kappa shape index (κ1) is 20.5. The summed E-state index contributed by atoms with van der Waals surface area (Å²) in [5, 5.41) is 2.99. The van der Waals surface area contributed by atoms with Gasteiger partial charge in [-0.25, -0.2) is 8.78 Å². The average Bonchev–Trinajstić information content (AvgIpc) is 3.36. The second-order valence-electron chi connectivity index (χ2n) is 8.61. The highest BCUT2D eigenvalue weighted by Gasteiger charge is 2.50. The highest BCUT2D eigenvalue weighted by molar-refractivity contribution is 5.91. The third kappa shape index (κ3) is 4.42. The van der Waals surface area contributed by atoms with E-state index in [0.29, 0.717) is 24.9 Å². The van der Waals surface area contributed by atoms with Crippen LogP contribution in [-0.2, 0) is 9.59 Å². The van der Waals surface area contributed by atoms with Crippen LogP contribution in [0.2, 0.25) is 0 Å². The van der Waals surface area contributed by atoms with Crippen molar-refractivity contribution in [2.75, 3.05) is 6.54 Å². The molecule has 1 N–H and O–H groups in total. The van der Waals surface area contributed by atoms with Gasteiger partial charge in [0.25, 0.3) is 0 Å². The maximum absolute atomic E-state index is 14.1. The van der Waals surface area contributed by atoms with E-state index in [-0.39, 0.29) is 35.6 Å². The quantitative estimate of drug-likeness (QED) is 0.778. The van der Waals surface area contributed by atoms with Crippen LogP contribution in [-0.4, -0.2) is 35.3 Å². The van der Waals surface area contributed by atoms with Crippen LogP contribution >= 0.6 is 0 Å². The van der Waals surface area contributed by atoms with E-state index in [1.165, 1.54) is 12.1 Å². The fourth-order valence-electron chi connectivity index (χ4n) is 4.05. The number of amides is 2. The average molecular weight is 390 g/mol. The Labute approximate surface area is 165 Å². The number of halogens is 2. The summed E-state index contributed by atoms with van der Waals surface area (Å²) in [5.41, 5.74) is 1.44. The molecule has 6 heteroatoms. The summed E-state index contributed by atoms with van der Waals surface area (Å²) in [7, 11) is 0. The van der Waals surface area contributed by atoms with Crippen molar-refractivity contribution in [2.45, 2.75) is 58.5 Å². The van der Waals surface area contributed by atoms with E-state index in [2.05, 4.69) is 5.32 Å². The van der Waals surface area contributed by atoms with Gasteiger partial charge in [-0.1, -0.05) is 31.6 Å². The first-order valence-electron chi connectivity index (χ1n) is 9.88. The zero-order valence-electron chi connectivity index (χ0n) is 16.8. The van der Waals surface area contributed by atoms with Crippen LogP contribution in [0.1, 0.15) is 52.0 Å². The number of nitrogens with zero attached hydrogens (tertiary/aromatic N) is 1. The van der Waals surface area contributed by atoms with Gasteiger partial charge in [0.2, 0.25) is 11.8 Å². The molecule has 2 aliphatic rings. The van der Waals surface area contributed by atoms with E-state index in [1.807, 2.05) is 33.8 Å². The Bertz CT molecular complexity index is 802. The summed E-state index contributed by atoms with van der Waals surface area (Å²) < 4.78 is 27.3. The fourth-order valence-corrected chi connectivity index (χ4v) is 4.05. The number of hydrogen-bond donors (Lipinski definition) is 1. The summed E-state index contributed by atoms with van der Waals surface area (Å²) in [6, 6.07) is 2.77. The Kier molecular flexibility index (Phi) is 5.87. The number of piperazine rings is 1. The Morgan fingerprint density at radius 3 is 2.64 bits per heavy atom. The van der Waals surface area contributed by atoms with Crippen molar-refractivity contribution < 1.29 is 18.4 Å². The molecule has 152 valence electrons. The Morgan fingerprint density at radius 1 is 1.32 bits per heavy atom. The summed E-state index contributed by atoms with van der Waals surface area (Å²) in [6.45, 7) is 8.36. The maximum atomic E-state index is 14.1. The molecule has 2 amide bonds. The molecule has 1 saturated heterocycles. The van der Waals surface area contributed by atoms with Gasteiger partial charge in [0.05, 0.1) is 6.04 Å². The maximum Gasteiger partial charge on any atom is 0.243 e. The highest BCUT2D eigenvalue weighted by atomic mass is 19.1. The number of carbonyl (C=O) groups excluding carboxylic acids is 2. The molecule has 1 aliphatic carbocycles. The molecule has 1 unspecified atom stereocenters. The van der Waals surface area contributed by atoms with Crippen LogP contribution in [0.4, 0.5) is 8.78 Å². The number of allylic oxidation sites excluding steroid dienone is 1. The molecule has 28 heavy (non-hydrogen) atoms. The third-order valence-electron chi connectivity index (χ3n) is 5.38. The second kappa shape index (κ2) is 8.02. The van der Waals surface area contributed by atoms with E-state index >= 15 is 0 Å². The Morgan fingerprint density at radius 2 is 2.04 bits per heavy atom. The van der Waals surface area contributed by atoms with Crippen LogP contribution in [0.25, 0.3) is 0 Å². The molecule has 4 nitrogen and oxygen atoms in total. The second-order valence-corrected chi connectivity index (χ2v) is 8.61. The number of carbonyl (C=O) groups is 2. The van der Waals surface area contributed by atoms with Crippen molar-refractivity contribution in [1.29, 1.82) is 0 Å². The lowest BCUT2D eigenvalue weighted by Gasteiger charge is -2.39. The van der Waals surface area contributed by atoms with Gasteiger partial charge in [-0.05, 0) is 50.2 Å². The topological polar surface area (TPSA) is 49.4 Å². The lowest BCUT2D eigenvalue weighted by Crippen LogP contribution is -2.61. The van der Waals surface area contributed by atoms with E-state index in [9.17, 15) is 18.4 Å². The minimum atomic E-state index is -0.626. The van der Waals surface area contributed by atoms with Gasteiger partial charge < -0.3 is 10.2 Å². The molecule has 1 aliphatic heterocycles. The van der Waals surface area contributed by atoms with Gasteiger partial charge in [0, 0.05) is 18.5 Å². The van der Waals surface area contributed by atoms with Crippen molar-refractivity contribution in [1.82, 2.24) is 10.2 Å². The molecular weight excluding hydrogens is 362 g/mol. The molecule has 2 fully saturated rings. The third-order valence-corrected chi connectivity index (χ3v) is 5.38. The minimum Gasteiger partial charge on any atom is -0.346 e.